The van der Waals surface area contributed by atoms with E-state index in [-0.39, 0.29) is 12.0 Å². The normalized spacial score (nSPS) is 12.1. The molecule has 0 fully saturated rings. The summed E-state index contributed by atoms with van der Waals surface area (Å²) in [4.78, 5) is 8.82. The molecule has 10 heteroatoms. The minimum absolute atomic E-state index is 0.0623. The zero-order valence-electron chi connectivity index (χ0n) is 20.5. The quantitative estimate of drug-likeness (QED) is 0.156. The van der Waals surface area contributed by atoms with Crippen molar-refractivity contribution in [2.75, 3.05) is 18.3 Å². The van der Waals surface area contributed by atoms with Gasteiger partial charge in [-0.1, -0.05) is 30.2 Å². The van der Waals surface area contributed by atoms with Crippen LogP contribution in [0.25, 0.3) is 5.69 Å². The summed E-state index contributed by atoms with van der Waals surface area (Å²) in [6.07, 6.45) is 6.32. The molecule has 0 aliphatic heterocycles. The number of halogens is 2. The first-order valence-corrected chi connectivity index (χ1v) is 12.8. The van der Waals surface area contributed by atoms with Gasteiger partial charge in [-0.25, -0.2) is 4.98 Å². The van der Waals surface area contributed by atoms with E-state index in [1.807, 2.05) is 44.2 Å². The van der Waals surface area contributed by atoms with Gasteiger partial charge in [-0.15, -0.1) is 16.7 Å². The maximum atomic E-state index is 5.97. The van der Waals surface area contributed by atoms with Crippen LogP contribution in [-0.2, 0) is 0 Å². The lowest BCUT2D eigenvalue weighted by Gasteiger charge is -2.16. The van der Waals surface area contributed by atoms with Gasteiger partial charge in [-0.3, -0.25) is 5.10 Å². The number of ether oxygens (including phenoxy) is 2. The van der Waals surface area contributed by atoms with E-state index in [1.165, 1.54) is 0 Å². The average molecular weight is 529 g/mol. The first-order chi connectivity index (χ1) is 17.5. The van der Waals surface area contributed by atoms with Gasteiger partial charge in [-0.05, 0) is 56.5 Å². The summed E-state index contributed by atoms with van der Waals surface area (Å²) in [7, 11) is 1.62. The largest absolute Gasteiger partial charge is 0.494 e. The fourth-order valence-corrected chi connectivity index (χ4v) is 4.31. The van der Waals surface area contributed by atoms with Crippen molar-refractivity contribution in [2.45, 2.75) is 45.1 Å². The number of aromatic amines is 1. The number of rotatable bonds is 12. The number of alkyl halides is 1. The van der Waals surface area contributed by atoms with Crippen molar-refractivity contribution in [3.8, 4) is 17.2 Å². The van der Waals surface area contributed by atoms with Crippen molar-refractivity contribution in [3.05, 3.63) is 71.5 Å². The van der Waals surface area contributed by atoms with Crippen LogP contribution in [0.1, 0.15) is 50.4 Å². The van der Waals surface area contributed by atoms with Gasteiger partial charge in [0.25, 0.3) is 0 Å². The van der Waals surface area contributed by atoms with E-state index in [2.05, 4.69) is 32.6 Å². The van der Waals surface area contributed by atoms with Gasteiger partial charge in [-0.2, -0.15) is 4.98 Å². The van der Waals surface area contributed by atoms with E-state index in [0.717, 1.165) is 47.8 Å². The third kappa shape index (κ3) is 6.50. The molecule has 0 saturated heterocycles. The number of hydrogen-bond acceptors (Lipinski definition) is 6. The second-order valence-corrected chi connectivity index (χ2v) is 9.40. The lowest BCUT2D eigenvalue weighted by molar-refractivity contribution is 0.242. The number of nitrogens with one attached hydrogen (secondary N) is 2. The molecule has 0 bridgehead atoms. The van der Waals surface area contributed by atoms with E-state index >= 15 is 0 Å². The highest BCUT2D eigenvalue weighted by Gasteiger charge is 2.19. The lowest BCUT2D eigenvalue weighted by Crippen LogP contribution is -2.07. The summed E-state index contributed by atoms with van der Waals surface area (Å²) in [5.41, 5.74) is 2.76. The molecule has 0 saturated carbocycles. The molecule has 0 spiro atoms. The topological polar surface area (TPSA) is 89.9 Å². The minimum atomic E-state index is 0.0623. The first kappa shape index (κ1) is 25.9. The van der Waals surface area contributed by atoms with E-state index in [9.17, 15) is 0 Å². The Morgan fingerprint density at radius 3 is 2.58 bits per heavy atom. The number of methoxy groups -OCH3 is 1. The van der Waals surface area contributed by atoms with Gasteiger partial charge in [0.2, 0.25) is 5.95 Å². The third-order valence-electron chi connectivity index (χ3n) is 5.63. The third-order valence-corrected chi connectivity index (χ3v) is 6.09. The fourth-order valence-electron chi connectivity index (χ4n) is 3.97. The number of H-pyrrole nitrogens is 1. The van der Waals surface area contributed by atoms with Gasteiger partial charge in [0, 0.05) is 29.7 Å². The minimum Gasteiger partial charge on any atom is -0.494 e. The van der Waals surface area contributed by atoms with Crippen molar-refractivity contribution >= 4 is 34.8 Å². The molecule has 2 aromatic heterocycles. The van der Waals surface area contributed by atoms with Crippen LogP contribution < -0.4 is 14.8 Å². The molecule has 2 heterocycles. The van der Waals surface area contributed by atoms with Gasteiger partial charge in [0.15, 0.2) is 0 Å². The van der Waals surface area contributed by atoms with Crippen molar-refractivity contribution < 1.29 is 9.47 Å². The van der Waals surface area contributed by atoms with Crippen LogP contribution in [0, 0.1) is 0 Å². The van der Waals surface area contributed by atoms with E-state index in [4.69, 9.17) is 37.7 Å². The fraction of sp³-hybridized carbons (Fsp3) is 0.346. The Kier molecular flexibility index (Phi) is 8.72. The molecule has 4 rings (SSSR count). The van der Waals surface area contributed by atoms with Gasteiger partial charge >= 0.3 is 0 Å². The molecule has 0 amide bonds. The van der Waals surface area contributed by atoms with Crippen molar-refractivity contribution in [2.24, 2.45) is 0 Å². The van der Waals surface area contributed by atoms with Crippen molar-refractivity contribution in [1.29, 1.82) is 0 Å². The van der Waals surface area contributed by atoms with Crippen LogP contribution in [-0.4, -0.2) is 43.8 Å². The van der Waals surface area contributed by atoms with E-state index in [1.54, 1.807) is 24.2 Å². The summed E-state index contributed by atoms with van der Waals surface area (Å²) < 4.78 is 13.2. The Balaban J connectivity index is 1.53. The van der Waals surface area contributed by atoms with Crippen LogP contribution in [0.4, 0.5) is 11.6 Å². The summed E-state index contributed by atoms with van der Waals surface area (Å²) in [5, 5.41) is 11.2. The number of aromatic nitrogens is 5. The molecule has 190 valence electrons. The van der Waals surface area contributed by atoms with Gasteiger partial charge in [0.05, 0.1) is 18.9 Å². The van der Waals surface area contributed by atoms with E-state index in [0.29, 0.717) is 22.7 Å². The Bertz CT molecular complexity index is 1260. The molecule has 2 N–H and O–H groups in total. The molecule has 8 nitrogen and oxygen atoms in total. The summed E-state index contributed by atoms with van der Waals surface area (Å²) in [5.74, 6) is 3.48. The highest BCUT2D eigenvalue weighted by Crippen LogP contribution is 2.31. The number of nitrogens with zero attached hydrogens (tertiary/aromatic N) is 4. The Labute approximate surface area is 221 Å². The highest BCUT2D eigenvalue weighted by atomic mass is 35.5. The lowest BCUT2D eigenvalue weighted by atomic mass is 9.93. The number of hydrogen-bond donors (Lipinski definition) is 2. The molecular formula is C26H30Cl2N6O2. The van der Waals surface area contributed by atoms with Gasteiger partial charge in [0.1, 0.15) is 28.8 Å². The molecular weight excluding hydrogens is 499 g/mol. The summed E-state index contributed by atoms with van der Waals surface area (Å²) in [6, 6.07) is 13.9. The van der Waals surface area contributed by atoms with Crippen LogP contribution in [0.5, 0.6) is 11.5 Å². The second kappa shape index (κ2) is 12.1. The predicted molar refractivity (Wildman–Crippen MR) is 143 cm³/mol. The molecule has 0 aliphatic rings. The number of anilines is 2. The maximum Gasteiger partial charge on any atom is 0.246 e. The standard InChI is InChI=1S/C26H30Cl2N6O2/c1-17(2)36-20-10-7-18(8-11-20)21(6-4-5-13-27)25-31-26(33-32-25)30-19-9-12-22(23(14-19)35-3)34-15-24(28)29-16-34/h7-12,14-17,21H,4-6,13H2,1-3H3,(H2,30,31,32,33). The molecule has 2 aromatic carbocycles. The first-order valence-electron chi connectivity index (χ1n) is 11.9. The number of unbranched alkanes of at least 4 members (excludes halogenated alkanes) is 1. The van der Waals surface area contributed by atoms with Crippen LogP contribution in [0.2, 0.25) is 5.15 Å². The zero-order chi connectivity index (χ0) is 25.5. The summed E-state index contributed by atoms with van der Waals surface area (Å²) >= 11 is 11.9. The molecule has 36 heavy (non-hydrogen) atoms. The van der Waals surface area contributed by atoms with Crippen LogP contribution in [0.15, 0.2) is 55.0 Å². The van der Waals surface area contributed by atoms with E-state index < -0.39 is 0 Å². The van der Waals surface area contributed by atoms with Gasteiger partial charge < -0.3 is 19.4 Å². The highest BCUT2D eigenvalue weighted by molar-refractivity contribution is 6.29. The molecule has 0 radical (unpaired) electrons. The molecule has 1 unspecified atom stereocenters. The number of benzene rings is 2. The van der Waals surface area contributed by atoms with Crippen LogP contribution >= 0.6 is 23.2 Å². The molecule has 4 aromatic rings. The smallest absolute Gasteiger partial charge is 0.246 e. The second-order valence-electron chi connectivity index (χ2n) is 8.63. The monoisotopic (exact) mass is 528 g/mol. The SMILES string of the molecule is COc1cc(Nc2n[nH]c(C(CCCCCl)c3ccc(OC(C)C)cc3)n2)ccc1-n1cnc(Cl)c1. The number of imidazole rings is 1. The van der Waals surface area contributed by atoms with Crippen molar-refractivity contribution in [1.82, 2.24) is 24.7 Å². The average Bonchev–Trinajstić information content (AvgIpc) is 3.51. The maximum absolute atomic E-state index is 5.97. The molecule has 1 atom stereocenters. The van der Waals surface area contributed by atoms with Crippen LogP contribution in [0.3, 0.4) is 0 Å². The van der Waals surface area contributed by atoms with Crippen molar-refractivity contribution in [3.63, 3.8) is 0 Å². The summed E-state index contributed by atoms with van der Waals surface area (Å²) in [6.45, 7) is 4.03. The molecule has 0 aliphatic carbocycles. The Hall–Kier alpha value is -3.23. The Morgan fingerprint density at radius 1 is 1.11 bits per heavy atom. The zero-order valence-corrected chi connectivity index (χ0v) is 22.1. The Morgan fingerprint density at radius 2 is 1.92 bits per heavy atom. The predicted octanol–water partition coefficient (Wildman–Crippen LogP) is 6.72.